The summed E-state index contributed by atoms with van der Waals surface area (Å²) in [4.78, 5) is 14.0. The van der Waals surface area contributed by atoms with Crippen molar-refractivity contribution in [3.05, 3.63) is 59.7 Å². The fourth-order valence-electron chi connectivity index (χ4n) is 2.85. The number of hydrogen-bond donors (Lipinski definition) is 0. The second kappa shape index (κ2) is 8.96. The van der Waals surface area contributed by atoms with Crippen LogP contribution in [0.25, 0.3) is 0 Å². The lowest BCUT2D eigenvalue weighted by atomic mass is 10.1. The SMILES string of the molecule is COCCN1C(=O)CSC1c1ccc(OCc2ccccc2)c(OC)c1. The predicted molar refractivity (Wildman–Crippen MR) is 103 cm³/mol. The smallest absolute Gasteiger partial charge is 0.233 e. The first-order chi connectivity index (χ1) is 12.7. The Hall–Kier alpha value is -2.18. The van der Waals surface area contributed by atoms with Gasteiger partial charge in [-0.15, -0.1) is 11.8 Å². The quantitative estimate of drug-likeness (QED) is 0.709. The standard InChI is InChI=1S/C20H23NO4S/c1-23-11-10-21-19(22)14-26-20(21)16-8-9-17(18(12-16)24-2)25-13-15-6-4-3-5-7-15/h3-9,12,20H,10-11,13-14H2,1-2H3. The second-order valence-electron chi connectivity index (χ2n) is 5.93. The molecule has 1 amide bonds. The first-order valence-corrected chi connectivity index (χ1v) is 9.52. The van der Waals surface area contributed by atoms with E-state index in [0.29, 0.717) is 37.0 Å². The van der Waals surface area contributed by atoms with E-state index in [1.54, 1.807) is 26.0 Å². The fourth-order valence-corrected chi connectivity index (χ4v) is 4.06. The van der Waals surface area contributed by atoms with Crippen LogP contribution in [-0.4, -0.2) is 43.9 Å². The van der Waals surface area contributed by atoms with E-state index < -0.39 is 0 Å². The van der Waals surface area contributed by atoms with Gasteiger partial charge in [0.2, 0.25) is 5.91 Å². The molecule has 2 aromatic carbocycles. The minimum Gasteiger partial charge on any atom is -0.493 e. The van der Waals surface area contributed by atoms with Gasteiger partial charge in [-0.25, -0.2) is 0 Å². The Morgan fingerprint density at radius 3 is 2.65 bits per heavy atom. The number of methoxy groups -OCH3 is 2. The van der Waals surface area contributed by atoms with Crippen LogP contribution >= 0.6 is 11.8 Å². The van der Waals surface area contributed by atoms with Crippen LogP contribution in [0.1, 0.15) is 16.5 Å². The number of carbonyl (C=O) groups is 1. The number of nitrogens with zero attached hydrogens (tertiary/aromatic N) is 1. The summed E-state index contributed by atoms with van der Waals surface area (Å²) in [5, 5.41) is -0.0188. The van der Waals surface area contributed by atoms with E-state index in [-0.39, 0.29) is 11.3 Å². The van der Waals surface area contributed by atoms with Crippen molar-refractivity contribution in [1.82, 2.24) is 4.90 Å². The van der Waals surface area contributed by atoms with Crippen LogP contribution in [0.2, 0.25) is 0 Å². The third-order valence-electron chi connectivity index (χ3n) is 4.21. The zero-order valence-electron chi connectivity index (χ0n) is 15.0. The molecule has 0 aliphatic carbocycles. The number of rotatable bonds is 8. The van der Waals surface area contributed by atoms with E-state index in [4.69, 9.17) is 14.2 Å². The van der Waals surface area contributed by atoms with Gasteiger partial charge in [0.15, 0.2) is 11.5 Å². The molecular weight excluding hydrogens is 350 g/mol. The third-order valence-corrected chi connectivity index (χ3v) is 5.47. The molecule has 2 aromatic rings. The van der Waals surface area contributed by atoms with Gasteiger partial charge in [-0.05, 0) is 23.3 Å². The maximum atomic E-state index is 12.1. The van der Waals surface area contributed by atoms with Gasteiger partial charge in [-0.3, -0.25) is 4.79 Å². The van der Waals surface area contributed by atoms with Gasteiger partial charge in [-0.1, -0.05) is 36.4 Å². The molecule has 0 spiro atoms. The van der Waals surface area contributed by atoms with Gasteiger partial charge < -0.3 is 19.1 Å². The molecule has 0 radical (unpaired) electrons. The van der Waals surface area contributed by atoms with Crippen LogP contribution in [0.3, 0.4) is 0 Å². The number of benzene rings is 2. The van der Waals surface area contributed by atoms with Gasteiger partial charge in [-0.2, -0.15) is 0 Å². The molecule has 26 heavy (non-hydrogen) atoms. The van der Waals surface area contributed by atoms with Crippen LogP contribution in [-0.2, 0) is 16.1 Å². The number of amides is 1. The number of hydrogen-bond acceptors (Lipinski definition) is 5. The maximum Gasteiger partial charge on any atom is 0.233 e. The molecule has 6 heteroatoms. The Morgan fingerprint density at radius 1 is 1.12 bits per heavy atom. The highest BCUT2D eigenvalue weighted by Crippen LogP contribution is 2.41. The fraction of sp³-hybridized carbons (Fsp3) is 0.350. The summed E-state index contributed by atoms with van der Waals surface area (Å²) in [5.41, 5.74) is 2.13. The van der Waals surface area contributed by atoms with Gasteiger partial charge in [0, 0.05) is 13.7 Å². The Morgan fingerprint density at radius 2 is 1.92 bits per heavy atom. The topological polar surface area (TPSA) is 48.0 Å². The van der Waals surface area contributed by atoms with Crippen molar-refractivity contribution >= 4 is 17.7 Å². The van der Waals surface area contributed by atoms with E-state index in [2.05, 4.69) is 0 Å². The summed E-state index contributed by atoms with van der Waals surface area (Å²) in [6.45, 7) is 1.59. The molecule has 1 unspecified atom stereocenters. The number of ether oxygens (including phenoxy) is 3. The molecule has 0 bridgehead atoms. The lowest BCUT2D eigenvalue weighted by Crippen LogP contribution is -2.31. The highest BCUT2D eigenvalue weighted by molar-refractivity contribution is 8.00. The summed E-state index contributed by atoms with van der Waals surface area (Å²) in [6.07, 6.45) is 0. The van der Waals surface area contributed by atoms with E-state index in [1.165, 1.54) is 0 Å². The van der Waals surface area contributed by atoms with Crippen LogP contribution in [0.15, 0.2) is 48.5 Å². The lowest BCUT2D eigenvalue weighted by molar-refractivity contribution is -0.128. The summed E-state index contributed by atoms with van der Waals surface area (Å²) >= 11 is 1.62. The number of carbonyl (C=O) groups excluding carboxylic acids is 1. The van der Waals surface area contributed by atoms with Gasteiger partial charge in [0.1, 0.15) is 12.0 Å². The van der Waals surface area contributed by atoms with Crippen molar-refractivity contribution in [2.24, 2.45) is 0 Å². The number of thioether (sulfide) groups is 1. The average Bonchev–Trinajstić information content (AvgIpc) is 3.05. The Balaban J connectivity index is 1.74. The highest BCUT2D eigenvalue weighted by atomic mass is 32.2. The first kappa shape index (κ1) is 18.6. The Labute approximate surface area is 158 Å². The van der Waals surface area contributed by atoms with Crippen molar-refractivity contribution < 1.29 is 19.0 Å². The maximum absolute atomic E-state index is 12.1. The molecule has 1 aliphatic heterocycles. The molecule has 1 aliphatic rings. The van der Waals surface area contributed by atoms with E-state index in [1.807, 2.05) is 53.4 Å². The Kier molecular flexibility index (Phi) is 6.41. The van der Waals surface area contributed by atoms with E-state index in [0.717, 1.165) is 11.1 Å². The summed E-state index contributed by atoms with van der Waals surface area (Å²) < 4.78 is 16.6. The normalized spacial score (nSPS) is 16.8. The Bertz CT molecular complexity index is 738. The van der Waals surface area contributed by atoms with Crippen molar-refractivity contribution in [2.75, 3.05) is 33.1 Å². The third kappa shape index (κ3) is 4.31. The van der Waals surface area contributed by atoms with E-state index in [9.17, 15) is 4.79 Å². The average molecular weight is 373 g/mol. The molecule has 0 N–H and O–H groups in total. The van der Waals surface area contributed by atoms with Crippen molar-refractivity contribution in [1.29, 1.82) is 0 Å². The summed E-state index contributed by atoms with van der Waals surface area (Å²) in [5.74, 6) is 1.99. The first-order valence-electron chi connectivity index (χ1n) is 8.47. The zero-order chi connectivity index (χ0) is 18.4. The summed E-state index contributed by atoms with van der Waals surface area (Å²) in [6, 6.07) is 15.9. The van der Waals surface area contributed by atoms with Crippen molar-refractivity contribution in [3.8, 4) is 11.5 Å². The molecule has 0 aromatic heterocycles. The van der Waals surface area contributed by atoms with E-state index >= 15 is 0 Å². The van der Waals surface area contributed by atoms with Crippen LogP contribution in [0.5, 0.6) is 11.5 Å². The van der Waals surface area contributed by atoms with Gasteiger partial charge in [0.25, 0.3) is 0 Å². The zero-order valence-corrected chi connectivity index (χ0v) is 15.8. The van der Waals surface area contributed by atoms with Crippen LogP contribution in [0.4, 0.5) is 0 Å². The van der Waals surface area contributed by atoms with Crippen LogP contribution in [0, 0.1) is 0 Å². The second-order valence-corrected chi connectivity index (χ2v) is 7.00. The van der Waals surface area contributed by atoms with Crippen LogP contribution < -0.4 is 9.47 Å². The molecule has 138 valence electrons. The molecule has 0 saturated carbocycles. The highest BCUT2D eigenvalue weighted by Gasteiger charge is 2.32. The molecular formula is C20H23NO4S. The minimum atomic E-state index is -0.0188. The molecule has 1 atom stereocenters. The summed E-state index contributed by atoms with van der Waals surface area (Å²) in [7, 11) is 3.27. The predicted octanol–water partition coefficient (Wildman–Crippen LogP) is 3.49. The van der Waals surface area contributed by atoms with Gasteiger partial charge in [0.05, 0.1) is 19.5 Å². The minimum absolute atomic E-state index is 0.0188. The molecule has 3 rings (SSSR count). The van der Waals surface area contributed by atoms with Crippen molar-refractivity contribution in [3.63, 3.8) is 0 Å². The monoisotopic (exact) mass is 373 g/mol. The van der Waals surface area contributed by atoms with Gasteiger partial charge >= 0.3 is 0 Å². The largest absolute Gasteiger partial charge is 0.493 e. The van der Waals surface area contributed by atoms with Crippen molar-refractivity contribution in [2.45, 2.75) is 12.0 Å². The molecule has 1 saturated heterocycles. The molecule has 5 nitrogen and oxygen atoms in total. The molecule has 1 heterocycles. The lowest BCUT2D eigenvalue weighted by Gasteiger charge is -2.24. The molecule has 1 fully saturated rings.